The molecule has 0 bridgehead atoms. The Morgan fingerprint density at radius 1 is 1.38 bits per heavy atom. The van der Waals surface area contributed by atoms with Gasteiger partial charge in [-0.05, 0) is 24.1 Å². The van der Waals surface area contributed by atoms with Crippen LogP contribution in [0.5, 0.6) is 5.75 Å². The van der Waals surface area contributed by atoms with E-state index in [2.05, 4.69) is 4.74 Å². The number of carbonyl (C=O) groups is 2. The number of hydrogen-bond acceptors (Lipinski definition) is 4. The summed E-state index contributed by atoms with van der Waals surface area (Å²) >= 11 is 0. The molecule has 0 amide bonds. The molecule has 16 heavy (non-hydrogen) atoms. The highest BCUT2D eigenvalue weighted by Gasteiger charge is 2.06. The van der Waals surface area contributed by atoms with E-state index in [0.29, 0.717) is 17.7 Å². The highest BCUT2D eigenvalue weighted by molar-refractivity contribution is 5.78. The van der Waals surface area contributed by atoms with Gasteiger partial charge in [-0.1, -0.05) is 6.07 Å². The Morgan fingerprint density at radius 2 is 2.12 bits per heavy atom. The van der Waals surface area contributed by atoms with E-state index >= 15 is 0 Å². The van der Waals surface area contributed by atoms with Crippen molar-refractivity contribution in [3.63, 3.8) is 0 Å². The summed E-state index contributed by atoms with van der Waals surface area (Å²) in [6.45, 7) is 0. The maximum atomic E-state index is 11.0. The fourth-order valence-electron chi connectivity index (χ4n) is 1.38. The van der Waals surface area contributed by atoms with Crippen LogP contribution in [0, 0.1) is 0 Å². The largest absolute Gasteiger partial charge is 0.497 e. The van der Waals surface area contributed by atoms with Crippen molar-refractivity contribution in [1.29, 1.82) is 0 Å². The fraction of sp³-hybridized carbons (Fsp3) is 0.333. The lowest BCUT2D eigenvalue weighted by Crippen LogP contribution is -2.03. The Hall–Kier alpha value is -1.84. The van der Waals surface area contributed by atoms with Crippen molar-refractivity contribution in [3.8, 4) is 5.75 Å². The highest BCUT2D eigenvalue weighted by atomic mass is 16.5. The lowest BCUT2D eigenvalue weighted by molar-refractivity contribution is -0.140. The first-order valence-corrected chi connectivity index (χ1v) is 4.90. The van der Waals surface area contributed by atoms with Crippen LogP contribution >= 0.6 is 0 Å². The van der Waals surface area contributed by atoms with Crippen LogP contribution in [-0.2, 0) is 16.0 Å². The van der Waals surface area contributed by atoms with Crippen molar-refractivity contribution in [1.82, 2.24) is 0 Å². The molecule has 0 fully saturated rings. The quantitative estimate of drug-likeness (QED) is 0.561. The lowest BCUT2D eigenvalue weighted by atomic mass is 10.0. The molecule has 1 rings (SSSR count). The molecular weight excluding hydrogens is 208 g/mol. The molecule has 0 saturated carbocycles. The SMILES string of the molecule is COC(=O)CCc1ccc(OC)cc1C=O. The first-order chi connectivity index (χ1) is 7.71. The molecule has 0 radical (unpaired) electrons. The van der Waals surface area contributed by atoms with Crippen molar-refractivity contribution in [3.05, 3.63) is 29.3 Å². The normalized spacial score (nSPS) is 9.62. The summed E-state index contributed by atoms with van der Waals surface area (Å²) in [7, 11) is 2.88. The van der Waals surface area contributed by atoms with E-state index in [-0.39, 0.29) is 12.4 Å². The third kappa shape index (κ3) is 3.08. The van der Waals surface area contributed by atoms with Crippen LogP contribution in [0.2, 0.25) is 0 Å². The third-order valence-corrected chi connectivity index (χ3v) is 2.31. The number of carbonyl (C=O) groups excluding carboxylic acids is 2. The predicted octanol–water partition coefficient (Wildman–Crippen LogP) is 1.61. The van der Waals surface area contributed by atoms with Gasteiger partial charge in [-0.15, -0.1) is 0 Å². The molecule has 0 heterocycles. The minimum absolute atomic E-state index is 0.268. The average Bonchev–Trinajstić information content (AvgIpc) is 2.35. The maximum Gasteiger partial charge on any atom is 0.305 e. The minimum atomic E-state index is -0.285. The van der Waals surface area contributed by atoms with Gasteiger partial charge in [-0.3, -0.25) is 9.59 Å². The van der Waals surface area contributed by atoms with Crippen LogP contribution in [0.3, 0.4) is 0 Å². The summed E-state index contributed by atoms with van der Waals surface area (Å²) in [6.07, 6.45) is 1.52. The fourth-order valence-corrected chi connectivity index (χ4v) is 1.38. The van der Waals surface area contributed by atoms with Crippen LogP contribution in [-0.4, -0.2) is 26.5 Å². The van der Waals surface area contributed by atoms with E-state index in [4.69, 9.17) is 4.74 Å². The van der Waals surface area contributed by atoms with Gasteiger partial charge in [-0.2, -0.15) is 0 Å². The van der Waals surface area contributed by atoms with Crippen molar-refractivity contribution in [2.24, 2.45) is 0 Å². The number of ether oxygens (including phenoxy) is 2. The first kappa shape index (κ1) is 12.2. The average molecular weight is 222 g/mol. The summed E-state index contributed by atoms with van der Waals surface area (Å²) in [5.41, 5.74) is 1.37. The first-order valence-electron chi connectivity index (χ1n) is 4.90. The number of aryl methyl sites for hydroxylation is 1. The molecule has 0 aliphatic carbocycles. The molecule has 0 N–H and O–H groups in total. The molecule has 4 nitrogen and oxygen atoms in total. The topological polar surface area (TPSA) is 52.6 Å². The number of esters is 1. The second kappa shape index (κ2) is 5.90. The molecule has 0 saturated heterocycles. The second-order valence-corrected chi connectivity index (χ2v) is 3.26. The van der Waals surface area contributed by atoms with Crippen molar-refractivity contribution < 1.29 is 19.1 Å². The van der Waals surface area contributed by atoms with E-state index in [1.165, 1.54) is 14.2 Å². The standard InChI is InChI=1S/C12H14O4/c1-15-11-5-3-9(10(7-11)8-13)4-6-12(14)16-2/h3,5,7-8H,4,6H2,1-2H3. The zero-order valence-electron chi connectivity index (χ0n) is 9.36. The van der Waals surface area contributed by atoms with Crippen molar-refractivity contribution >= 4 is 12.3 Å². The van der Waals surface area contributed by atoms with Crippen LogP contribution in [0.25, 0.3) is 0 Å². The Bertz CT molecular complexity index is 385. The molecule has 0 unspecified atom stereocenters. The maximum absolute atomic E-state index is 11.0. The number of hydrogen-bond donors (Lipinski definition) is 0. The van der Waals surface area contributed by atoms with Gasteiger partial charge in [0.1, 0.15) is 12.0 Å². The van der Waals surface area contributed by atoms with E-state index < -0.39 is 0 Å². The Balaban J connectivity index is 2.79. The number of methoxy groups -OCH3 is 2. The van der Waals surface area contributed by atoms with E-state index in [9.17, 15) is 9.59 Å². The molecular formula is C12H14O4. The third-order valence-electron chi connectivity index (χ3n) is 2.31. The second-order valence-electron chi connectivity index (χ2n) is 3.26. The molecule has 4 heteroatoms. The Kier molecular flexibility index (Phi) is 4.51. The monoisotopic (exact) mass is 222 g/mol. The predicted molar refractivity (Wildman–Crippen MR) is 58.7 cm³/mol. The summed E-state index contributed by atoms with van der Waals surface area (Å²) in [6, 6.07) is 5.20. The summed E-state index contributed by atoms with van der Waals surface area (Å²) in [5, 5.41) is 0. The molecule has 86 valence electrons. The van der Waals surface area contributed by atoms with Crippen molar-refractivity contribution in [2.75, 3.05) is 14.2 Å². The van der Waals surface area contributed by atoms with Gasteiger partial charge in [0.25, 0.3) is 0 Å². The van der Waals surface area contributed by atoms with Gasteiger partial charge < -0.3 is 9.47 Å². The lowest BCUT2D eigenvalue weighted by Gasteiger charge is -2.06. The molecule has 0 aliphatic heterocycles. The van der Waals surface area contributed by atoms with Gasteiger partial charge in [0, 0.05) is 12.0 Å². The van der Waals surface area contributed by atoms with Gasteiger partial charge >= 0.3 is 5.97 Å². The van der Waals surface area contributed by atoms with Crippen LogP contribution in [0.1, 0.15) is 22.3 Å². The van der Waals surface area contributed by atoms with E-state index in [0.717, 1.165) is 11.8 Å². The van der Waals surface area contributed by atoms with Gasteiger partial charge in [-0.25, -0.2) is 0 Å². The number of rotatable bonds is 5. The molecule has 0 aromatic heterocycles. The molecule has 0 atom stereocenters. The van der Waals surface area contributed by atoms with Gasteiger partial charge in [0.15, 0.2) is 0 Å². The smallest absolute Gasteiger partial charge is 0.305 e. The summed E-state index contributed by atoms with van der Waals surface area (Å²) in [5.74, 6) is 0.344. The Morgan fingerprint density at radius 3 is 2.69 bits per heavy atom. The summed E-state index contributed by atoms with van der Waals surface area (Å²) in [4.78, 5) is 21.8. The zero-order valence-corrected chi connectivity index (χ0v) is 9.36. The van der Waals surface area contributed by atoms with Crippen LogP contribution in [0.4, 0.5) is 0 Å². The summed E-state index contributed by atoms with van der Waals surface area (Å²) < 4.78 is 9.55. The van der Waals surface area contributed by atoms with Gasteiger partial charge in [0.2, 0.25) is 0 Å². The minimum Gasteiger partial charge on any atom is -0.497 e. The van der Waals surface area contributed by atoms with Crippen LogP contribution < -0.4 is 4.74 Å². The highest BCUT2D eigenvalue weighted by Crippen LogP contribution is 2.17. The van der Waals surface area contributed by atoms with Gasteiger partial charge in [0.05, 0.1) is 14.2 Å². The van der Waals surface area contributed by atoms with Crippen molar-refractivity contribution in [2.45, 2.75) is 12.8 Å². The molecule has 0 spiro atoms. The Labute approximate surface area is 94.2 Å². The molecule has 1 aromatic carbocycles. The van der Waals surface area contributed by atoms with E-state index in [1.54, 1.807) is 18.2 Å². The number of aldehydes is 1. The molecule has 0 aliphatic rings. The zero-order chi connectivity index (χ0) is 12.0. The number of benzene rings is 1. The van der Waals surface area contributed by atoms with E-state index in [1.807, 2.05) is 0 Å². The molecule has 1 aromatic rings. The van der Waals surface area contributed by atoms with Crippen LogP contribution in [0.15, 0.2) is 18.2 Å².